The van der Waals surface area contributed by atoms with E-state index in [1.165, 1.54) is 0 Å². The fraction of sp³-hybridized carbons (Fsp3) is 0.533. The minimum atomic E-state index is 0.162. The quantitative estimate of drug-likeness (QED) is 0.817. The van der Waals surface area contributed by atoms with Gasteiger partial charge in [0.2, 0.25) is 0 Å². The van der Waals surface area contributed by atoms with Crippen LogP contribution in [0.4, 0.5) is 5.69 Å². The van der Waals surface area contributed by atoms with Crippen LogP contribution in [0.1, 0.15) is 26.7 Å². The summed E-state index contributed by atoms with van der Waals surface area (Å²) in [5.41, 5.74) is 0.924. The summed E-state index contributed by atoms with van der Waals surface area (Å²) in [4.78, 5) is 0. The summed E-state index contributed by atoms with van der Waals surface area (Å²) in [6.07, 6.45) is 2.69. The molecule has 1 fully saturated rings. The minimum Gasteiger partial charge on any atom is -0.491 e. The Morgan fingerprint density at radius 3 is 3.05 bits per heavy atom. The van der Waals surface area contributed by atoms with Crippen molar-refractivity contribution < 1.29 is 9.47 Å². The van der Waals surface area contributed by atoms with Crippen molar-refractivity contribution in [1.29, 1.82) is 0 Å². The number of rotatable bonds is 5. The van der Waals surface area contributed by atoms with E-state index in [9.17, 15) is 0 Å². The molecule has 110 valence electrons. The van der Waals surface area contributed by atoms with Crippen molar-refractivity contribution in [2.45, 2.75) is 38.9 Å². The van der Waals surface area contributed by atoms with Crippen LogP contribution in [-0.4, -0.2) is 30.5 Å². The Morgan fingerprint density at radius 2 is 2.35 bits per heavy atom. The predicted octanol–water partition coefficient (Wildman–Crippen LogP) is 2.94. The first-order valence-corrected chi connectivity index (χ1v) is 7.47. The molecule has 4 nitrogen and oxygen atoms in total. The fourth-order valence-electron chi connectivity index (χ4n) is 2.11. The molecule has 2 N–H and O–H groups in total. The lowest BCUT2D eigenvalue weighted by molar-refractivity contribution is 0.114. The van der Waals surface area contributed by atoms with Crippen LogP contribution in [-0.2, 0) is 4.74 Å². The zero-order chi connectivity index (χ0) is 14.4. The number of ether oxygens (including phenoxy) is 2. The smallest absolute Gasteiger partial charge is 0.170 e. The molecular formula is C15H22N2O2S. The third-order valence-electron chi connectivity index (χ3n) is 2.98. The summed E-state index contributed by atoms with van der Waals surface area (Å²) in [7, 11) is 0. The molecule has 0 amide bonds. The van der Waals surface area contributed by atoms with Crippen LogP contribution in [0.2, 0.25) is 0 Å². The van der Waals surface area contributed by atoms with Crippen LogP contribution < -0.4 is 15.4 Å². The van der Waals surface area contributed by atoms with Crippen LogP contribution in [0, 0.1) is 0 Å². The number of anilines is 1. The topological polar surface area (TPSA) is 42.5 Å². The molecule has 1 aromatic carbocycles. The lowest BCUT2D eigenvalue weighted by Gasteiger charge is -2.15. The maximum Gasteiger partial charge on any atom is 0.170 e. The number of thiocarbonyl (C=S) groups is 1. The third kappa shape index (κ3) is 4.98. The summed E-state index contributed by atoms with van der Waals surface area (Å²) in [6, 6.07) is 7.80. The highest BCUT2D eigenvalue weighted by molar-refractivity contribution is 7.80. The van der Waals surface area contributed by atoms with Gasteiger partial charge in [-0.05, 0) is 51.0 Å². The Morgan fingerprint density at radius 1 is 1.50 bits per heavy atom. The van der Waals surface area contributed by atoms with E-state index in [0.29, 0.717) is 5.11 Å². The summed E-state index contributed by atoms with van der Waals surface area (Å²) >= 11 is 5.28. The van der Waals surface area contributed by atoms with E-state index < -0.39 is 0 Å². The molecule has 0 bridgehead atoms. The maximum absolute atomic E-state index is 5.65. The van der Waals surface area contributed by atoms with Crippen molar-refractivity contribution >= 4 is 23.0 Å². The maximum atomic E-state index is 5.65. The molecule has 1 saturated heterocycles. The molecule has 0 saturated carbocycles. The summed E-state index contributed by atoms with van der Waals surface area (Å²) in [6.45, 7) is 5.64. The lowest BCUT2D eigenvalue weighted by atomic mass is 10.2. The van der Waals surface area contributed by atoms with Gasteiger partial charge in [-0.1, -0.05) is 6.07 Å². The van der Waals surface area contributed by atoms with Crippen LogP contribution >= 0.6 is 12.2 Å². The van der Waals surface area contributed by atoms with Crippen LogP contribution in [0.3, 0.4) is 0 Å². The highest BCUT2D eigenvalue weighted by Crippen LogP contribution is 2.18. The van der Waals surface area contributed by atoms with Crippen molar-refractivity contribution in [2.75, 3.05) is 18.5 Å². The number of nitrogens with one attached hydrogen (secondary N) is 2. The Bertz CT molecular complexity index is 445. The number of hydrogen-bond acceptors (Lipinski definition) is 3. The number of benzene rings is 1. The summed E-state index contributed by atoms with van der Waals surface area (Å²) < 4.78 is 11.2. The van der Waals surface area contributed by atoms with Crippen LogP contribution in [0.15, 0.2) is 24.3 Å². The average molecular weight is 294 g/mol. The highest BCUT2D eigenvalue weighted by Gasteiger charge is 2.15. The molecule has 0 aromatic heterocycles. The van der Waals surface area contributed by atoms with Crippen LogP contribution in [0.25, 0.3) is 0 Å². The predicted molar refractivity (Wildman–Crippen MR) is 85.4 cm³/mol. The Kier molecular flexibility index (Phi) is 5.61. The molecule has 1 heterocycles. The first kappa shape index (κ1) is 15.1. The zero-order valence-electron chi connectivity index (χ0n) is 12.0. The van der Waals surface area contributed by atoms with Gasteiger partial charge in [-0.15, -0.1) is 0 Å². The van der Waals surface area contributed by atoms with E-state index in [1.54, 1.807) is 0 Å². The van der Waals surface area contributed by atoms with Crippen molar-refractivity contribution in [3.63, 3.8) is 0 Å². The Hall–Kier alpha value is -1.33. The highest BCUT2D eigenvalue weighted by atomic mass is 32.1. The average Bonchev–Trinajstić information content (AvgIpc) is 2.89. The van der Waals surface area contributed by atoms with Gasteiger partial charge in [0.1, 0.15) is 5.75 Å². The second-order valence-electron chi connectivity index (χ2n) is 5.16. The lowest BCUT2D eigenvalue weighted by Crippen LogP contribution is -2.34. The van der Waals surface area contributed by atoms with Gasteiger partial charge in [-0.2, -0.15) is 0 Å². The molecule has 0 radical (unpaired) electrons. The van der Waals surface area contributed by atoms with Gasteiger partial charge in [0.15, 0.2) is 5.11 Å². The van der Waals surface area contributed by atoms with Gasteiger partial charge in [0.05, 0.1) is 12.2 Å². The van der Waals surface area contributed by atoms with Crippen LogP contribution in [0.5, 0.6) is 5.75 Å². The molecule has 2 rings (SSSR count). The Balaban J connectivity index is 1.80. The van der Waals surface area contributed by atoms with Gasteiger partial charge in [0.25, 0.3) is 0 Å². The second kappa shape index (κ2) is 7.45. The molecular weight excluding hydrogens is 272 g/mol. The largest absolute Gasteiger partial charge is 0.491 e. The van der Waals surface area contributed by atoms with Gasteiger partial charge < -0.3 is 20.1 Å². The number of hydrogen-bond donors (Lipinski definition) is 2. The second-order valence-corrected chi connectivity index (χ2v) is 5.57. The van der Waals surface area contributed by atoms with Crippen molar-refractivity contribution in [1.82, 2.24) is 5.32 Å². The normalized spacial score (nSPS) is 18.1. The van der Waals surface area contributed by atoms with E-state index in [-0.39, 0.29) is 12.2 Å². The summed E-state index contributed by atoms with van der Waals surface area (Å²) in [5, 5.41) is 6.97. The standard InChI is InChI=1S/C15H22N2O2S/c1-11(2)19-13-6-3-5-12(9-13)17-15(20)16-10-14-7-4-8-18-14/h3,5-6,9,11,14H,4,7-8,10H2,1-2H3,(H2,16,17,20)/t14-/m1/s1. The van der Waals surface area contributed by atoms with Gasteiger partial charge in [-0.25, -0.2) is 0 Å². The third-order valence-corrected chi connectivity index (χ3v) is 3.22. The summed E-state index contributed by atoms with van der Waals surface area (Å²) in [5.74, 6) is 0.840. The first-order valence-electron chi connectivity index (χ1n) is 7.06. The van der Waals surface area contributed by atoms with Gasteiger partial charge in [0, 0.05) is 24.9 Å². The van der Waals surface area contributed by atoms with Crippen molar-refractivity contribution in [2.24, 2.45) is 0 Å². The minimum absolute atomic E-state index is 0.162. The molecule has 0 spiro atoms. The molecule has 1 aliphatic heterocycles. The van der Waals surface area contributed by atoms with E-state index in [1.807, 2.05) is 38.1 Å². The van der Waals surface area contributed by atoms with E-state index in [2.05, 4.69) is 10.6 Å². The van der Waals surface area contributed by atoms with Crippen molar-refractivity contribution in [3.8, 4) is 5.75 Å². The van der Waals surface area contributed by atoms with Gasteiger partial charge in [-0.3, -0.25) is 0 Å². The molecule has 0 aliphatic carbocycles. The Labute approximate surface area is 125 Å². The van der Waals surface area contributed by atoms with Gasteiger partial charge >= 0.3 is 0 Å². The molecule has 1 aliphatic rings. The molecule has 20 heavy (non-hydrogen) atoms. The molecule has 0 unspecified atom stereocenters. The molecule has 1 atom stereocenters. The fourth-order valence-corrected chi connectivity index (χ4v) is 2.31. The SMILES string of the molecule is CC(C)Oc1cccc(NC(=S)NC[C@H]2CCCO2)c1. The zero-order valence-corrected chi connectivity index (χ0v) is 12.8. The molecule has 5 heteroatoms. The first-order chi connectivity index (χ1) is 9.63. The van der Waals surface area contributed by atoms with E-state index in [0.717, 1.165) is 37.4 Å². The monoisotopic (exact) mass is 294 g/mol. The van der Waals surface area contributed by atoms with E-state index >= 15 is 0 Å². The van der Waals surface area contributed by atoms with Crippen molar-refractivity contribution in [3.05, 3.63) is 24.3 Å². The van der Waals surface area contributed by atoms with E-state index in [4.69, 9.17) is 21.7 Å². The molecule has 1 aromatic rings.